The number of hydrogen-bond acceptors (Lipinski definition) is 6. The highest BCUT2D eigenvalue weighted by Gasteiger charge is 2.80. The summed E-state index contributed by atoms with van der Waals surface area (Å²) in [6.45, 7) is 16.5. The molecule has 5 rings (SSSR count). The summed E-state index contributed by atoms with van der Waals surface area (Å²) in [4.78, 5) is 49.2. The lowest BCUT2D eigenvalue weighted by Crippen LogP contribution is -2.58. The molecule has 1 N–H and O–H groups in total. The number of ether oxygens (including phenoxy) is 2. The average molecular weight is 630 g/mol. The third-order valence-electron chi connectivity index (χ3n) is 10.2. The van der Waals surface area contributed by atoms with Gasteiger partial charge in [0.15, 0.2) is 0 Å². The van der Waals surface area contributed by atoms with Crippen molar-refractivity contribution in [3.63, 3.8) is 0 Å². The van der Waals surface area contributed by atoms with Gasteiger partial charge >= 0.3 is 0 Å². The largest absolute Gasteiger partial charge is 0.494 e. The van der Waals surface area contributed by atoms with Gasteiger partial charge in [-0.25, -0.2) is 0 Å². The topological polar surface area (TPSA) is 99.6 Å². The fraction of sp³-hybridized carbons (Fsp3) is 0.486. The highest BCUT2D eigenvalue weighted by Crippen LogP contribution is 2.66. The van der Waals surface area contributed by atoms with Crippen LogP contribution in [0.3, 0.4) is 0 Å². The van der Waals surface area contributed by atoms with Gasteiger partial charge in [-0.3, -0.25) is 14.4 Å². The Labute approximate surface area is 272 Å². The standard InChI is InChI=1S/C37H47N3O6/c1-7-20-38(23-26-14-12-11-13-15-26)35(44)32-37-22-25(5)36(6,46-37)30(31(37)34(43)40(32)27(9-3)24-41)33(42)39(21-8-2)28-16-18-29(19-17-28)45-10-4/h7-8,11-19,25,27,30-32,41H,1-2,9-10,20-24H2,3-6H3/t25?,27-,30-,31-,32?,36+,37?/m0/s1. The van der Waals surface area contributed by atoms with E-state index >= 15 is 0 Å². The number of carbonyl (C=O) groups is 3. The van der Waals surface area contributed by atoms with E-state index in [1.54, 1.807) is 26.9 Å². The number of fused-ring (bicyclic) bond motifs is 1. The van der Waals surface area contributed by atoms with Crippen LogP contribution in [0.4, 0.5) is 5.69 Å². The zero-order valence-corrected chi connectivity index (χ0v) is 27.4. The van der Waals surface area contributed by atoms with E-state index in [0.29, 0.717) is 37.4 Å². The molecule has 46 heavy (non-hydrogen) atoms. The number of aliphatic hydroxyl groups excluding tert-OH is 1. The first-order valence-electron chi connectivity index (χ1n) is 16.3. The Morgan fingerprint density at radius 1 is 1.09 bits per heavy atom. The van der Waals surface area contributed by atoms with Gasteiger partial charge in [0.2, 0.25) is 17.7 Å². The number of nitrogens with zero attached hydrogens (tertiary/aromatic N) is 3. The molecule has 0 aliphatic carbocycles. The molecule has 9 nitrogen and oxygen atoms in total. The van der Waals surface area contributed by atoms with E-state index in [9.17, 15) is 19.5 Å². The van der Waals surface area contributed by atoms with Crippen molar-refractivity contribution in [3.05, 3.63) is 85.5 Å². The molecule has 7 atom stereocenters. The van der Waals surface area contributed by atoms with E-state index in [2.05, 4.69) is 13.2 Å². The van der Waals surface area contributed by atoms with Crippen LogP contribution in [-0.4, -0.2) is 82.2 Å². The molecule has 3 unspecified atom stereocenters. The average Bonchev–Trinajstić information content (AvgIpc) is 3.57. The summed E-state index contributed by atoms with van der Waals surface area (Å²) in [5.74, 6) is -2.03. The van der Waals surface area contributed by atoms with E-state index in [0.717, 1.165) is 5.56 Å². The Bertz CT molecular complexity index is 1440. The zero-order valence-electron chi connectivity index (χ0n) is 27.4. The van der Waals surface area contributed by atoms with Crippen LogP contribution in [0.1, 0.15) is 46.1 Å². The molecule has 1 spiro atoms. The molecule has 246 valence electrons. The number of benzene rings is 2. The minimum Gasteiger partial charge on any atom is -0.494 e. The van der Waals surface area contributed by atoms with Crippen LogP contribution in [0.15, 0.2) is 79.9 Å². The Kier molecular flexibility index (Phi) is 9.75. The third kappa shape index (κ3) is 5.43. The molecule has 2 bridgehead atoms. The van der Waals surface area contributed by atoms with E-state index in [1.165, 1.54) is 0 Å². The Morgan fingerprint density at radius 3 is 2.35 bits per heavy atom. The van der Waals surface area contributed by atoms with Gasteiger partial charge < -0.3 is 29.3 Å². The lowest BCUT2D eigenvalue weighted by Gasteiger charge is -2.39. The van der Waals surface area contributed by atoms with Gasteiger partial charge in [0.25, 0.3) is 0 Å². The maximum atomic E-state index is 14.8. The predicted octanol–water partition coefficient (Wildman–Crippen LogP) is 4.60. The van der Waals surface area contributed by atoms with Gasteiger partial charge in [0.1, 0.15) is 17.4 Å². The minimum atomic E-state index is -1.24. The third-order valence-corrected chi connectivity index (χ3v) is 10.2. The molecule has 3 aliphatic heterocycles. The Balaban J connectivity index is 1.59. The van der Waals surface area contributed by atoms with Crippen molar-refractivity contribution in [2.45, 2.75) is 70.4 Å². The molecule has 3 heterocycles. The second-order valence-electron chi connectivity index (χ2n) is 12.9. The van der Waals surface area contributed by atoms with Crippen molar-refractivity contribution >= 4 is 23.4 Å². The van der Waals surface area contributed by atoms with E-state index in [4.69, 9.17) is 9.47 Å². The van der Waals surface area contributed by atoms with Crippen molar-refractivity contribution in [2.75, 3.05) is 31.2 Å². The van der Waals surface area contributed by atoms with Gasteiger partial charge in [0, 0.05) is 25.3 Å². The number of rotatable bonds is 14. The molecular weight excluding hydrogens is 582 g/mol. The van der Waals surface area contributed by atoms with Crippen LogP contribution in [0.5, 0.6) is 5.75 Å². The Hall–Kier alpha value is -3.95. The van der Waals surface area contributed by atoms with Crippen molar-refractivity contribution in [3.8, 4) is 5.75 Å². The molecule has 0 radical (unpaired) electrons. The predicted molar refractivity (Wildman–Crippen MR) is 177 cm³/mol. The van der Waals surface area contributed by atoms with Crippen LogP contribution >= 0.6 is 0 Å². The number of anilines is 1. The number of aliphatic hydroxyl groups is 1. The summed E-state index contributed by atoms with van der Waals surface area (Å²) in [5, 5.41) is 10.5. The fourth-order valence-electron chi connectivity index (χ4n) is 8.01. The smallest absolute Gasteiger partial charge is 0.249 e. The molecule has 2 aromatic carbocycles. The van der Waals surface area contributed by atoms with Gasteiger partial charge in [-0.05, 0) is 62.4 Å². The van der Waals surface area contributed by atoms with Crippen LogP contribution in [0.2, 0.25) is 0 Å². The molecule has 3 amide bonds. The lowest BCUT2D eigenvalue weighted by atomic mass is 9.62. The first kappa shape index (κ1) is 33.4. The molecular formula is C37H47N3O6. The molecule has 0 saturated carbocycles. The first-order valence-corrected chi connectivity index (χ1v) is 16.3. The van der Waals surface area contributed by atoms with E-state index < -0.39 is 35.1 Å². The second kappa shape index (κ2) is 13.4. The number of carbonyl (C=O) groups excluding carboxylic acids is 3. The van der Waals surface area contributed by atoms with Gasteiger partial charge in [-0.1, -0.05) is 56.3 Å². The normalized spacial score (nSPS) is 28.5. The maximum absolute atomic E-state index is 14.8. The summed E-state index contributed by atoms with van der Waals surface area (Å²) in [6, 6.07) is 15.3. The van der Waals surface area contributed by atoms with Crippen molar-refractivity contribution in [2.24, 2.45) is 17.8 Å². The molecule has 9 heteroatoms. The van der Waals surface area contributed by atoms with E-state index in [-0.39, 0.29) is 43.3 Å². The highest BCUT2D eigenvalue weighted by molar-refractivity contribution is 6.03. The molecule has 3 aliphatic rings. The second-order valence-corrected chi connectivity index (χ2v) is 12.9. The highest BCUT2D eigenvalue weighted by atomic mass is 16.5. The Morgan fingerprint density at radius 2 is 1.76 bits per heavy atom. The summed E-state index contributed by atoms with van der Waals surface area (Å²) in [7, 11) is 0. The summed E-state index contributed by atoms with van der Waals surface area (Å²) in [5.41, 5.74) is -0.633. The zero-order chi connectivity index (χ0) is 33.2. The van der Waals surface area contributed by atoms with Crippen LogP contribution in [-0.2, 0) is 25.7 Å². The van der Waals surface area contributed by atoms with Gasteiger partial charge in [-0.2, -0.15) is 0 Å². The van der Waals surface area contributed by atoms with Crippen molar-refractivity contribution in [1.29, 1.82) is 0 Å². The van der Waals surface area contributed by atoms with Gasteiger partial charge in [-0.15, -0.1) is 13.2 Å². The summed E-state index contributed by atoms with van der Waals surface area (Å²) in [6.07, 6.45) is 4.22. The maximum Gasteiger partial charge on any atom is 0.249 e. The van der Waals surface area contributed by atoms with Gasteiger partial charge in [0.05, 0.1) is 36.7 Å². The fourth-order valence-corrected chi connectivity index (χ4v) is 8.01. The number of amides is 3. The molecule has 0 aromatic heterocycles. The van der Waals surface area contributed by atoms with Crippen molar-refractivity contribution < 1.29 is 29.0 Å². The van der Waals surface area contributed by atoms with Crippen LogP contribution in [0.25, 0.3) is 0 Å². The number of likely N-dealkylation sites (tertiary alicyclic amines) is 1. The monoisotopic (exact) mass is 629 g/mol. The van der Waals surface area contributed by atoms with Crippen LogP contribution in [0, 0.1) is 17.8 Å². The van der Waals surface area contributed by atoms with Crippen molar-refractivity contribution in [1.82, 2.24) is 9.80 Å². The summed E-state index contributed by atoms with van der Waals surface area (Å²) >= 11 is 0. The first-order chi connectivity index (χ1) is 22.1. The minimum absolute atomic E-state index is 0.122. The number of hydrogen-bond donors (Lipinski definition) is 1. The van der Waals surface area contributed by atoms with Crippen LogP contribution < -0.4 is 9.64 Å². The quantitative estimate of drug-likeness (QED) is 0.307. The summed E-state index contributed by atoms with van der Waals surface area (Å²) < 4.78 is 12.6. The lowest BCUT2D eigenvalue weighted by molar-refractivity contribution is -0.155. The SMILES string of the molecule is C=CCN(Cc1ccccc1)C(=O)C1N([C@@H](CC)CO)C(=O)[C@@H]2[C@@H](C(=O)N(CC=C)c3ccc(OCC)cc3)[C@]3(C)OC12CC3C. The molecule has 3 saturated heterocycles. The molecule has 3 fully saturated rings. The van der Waals surface area contributed by atoms with E-state index in [1.807, 2.05) is 82.3 Å². The molecule has 2 aromatic rings.